The van der Waals surface area contributed by atoms with E-state index < -0.39 is 0 Å². The number of anilines is 1. The van der Waals surface area contributed by atoms with Crippen molar-refractivity contribution in [3.63, 3.8) is 0 Å². The first-order chi connectivity index (χ1) is 7.90. The van der Waals surface area contributed by atoms with Gasteiger partial charge >= 0.3 is 0 Å². The molecular formula is C13H21N3. The summed E-state index contributed by atoms with van der Waals surface area (Å²) in [5, 5.41) is 0. The summed E-state index contributed by atoms with van der Waals surface area (Å²) >= 11 is 0. The maximum Gasteiger partial charge on any atom is 0.0397 e. The zero-order valence-corrected chi connectivity index (χ0v) is 9.81. The summed E-state index contributed by atoms with van der Waals surface area (Å²) in [7, 11) is 0. The van der Waals surface area contributed by atoms with Crippen LogP contribution in [0.2, 0.25) is 0 Å². The Morgan fingerprint density at radius 3 is 2.94 bits per heavy atom. The van der Waals surface area contributed by atoms with Gasteiger partial charge in [0.05, 0.1) is 0 Å². The van der Waals surface area contributed by atoms with Crippen LogP contribution in [-0.2, 0) is 0 Å². The van der Waals surface area contributed by atoms with Crippen molar-refractivity contribution in [2.24, 2.45) is 11.7 Å². The summed E-state index contributed by atoms with van der Waals surface area (Å²) in [5.74, 6) is 0.825. The highest BCUT2D eigenvalue weighted by molar-refractivity contribution is 5.44. The molecule has 88 valence electrons. The van der Waals surface area contributed by atoms with Gasteiger partial charge in [-0.2, -0.15) is 0 Å². The average Bonchev–Trinajstić information content (AvgIpc) is 2.38. The molecule has 2 rings (SSSR count). The molecule has 0 saturated carbocycles. The molecule has 1 aliphatic rings. The molecule has 1 atom stereocenters. The van der Waals surface area contributed by atoms with E-state index in [1.54, 1.807) is 0 Å². The van der Waals surface area contributed by atoms with Crippen LogP contribution in [0.5, 0.6) is 0 Å². The van der Waals surface area contributed by atoms with E-state index in [1.807, 2.05) is 12.4 Å². The van der Waals surface area contributed by atoms with E-state index in [0.717, 1.165) is 18.9 Å². The second kappa shape index (κ2) is 5.85. The fourth-order valence-electron chi connectivity index (χ4n) is 2.50. The van der Waals surface area contributed by atoms with Crippen LogP contribution in [0, 0.1) is 5.92 Å². The normalized spacial score (nSPS) is 21.1. The highest BCUT2D eigenvalue weighted by Gasteiger charge is 2.19. The second-order valence-corrected chi connectivity index (χ2v) is 4.59. The van der Waals surface area contributed by atoms with Gasteiger partial charge in [0.15, 0.2) is 0 Å². The third-order valence-corrected chi connectivity index (χ3v) is 3.36. The minimum absolute atomic E-state index is 0.825. The molecule has 2 N–H and O–H groups in total. The van der Waals surface area contributed by atoms with Crippen LogP contribution in [-0.4, -0.2) is 24.6 Å². The van der Waals surface area contributed by atoms with Gasteiger partial charge in [-0.15, -0.1) is 0 Å². The highest BCUT2D eigenvalue weighted by Crippen LogP contribution is 2.24. The molecule has 2 heterocycles. The van der Waals surface area contributed by atoms with Crippen LogP contribution < -0.4 is 10.6 Å². The Hall–Kier alpha value is -1.09. The van der Waals surface area contributed by atoms with Gasteiger partial charge in [0, 0.05) is 31.2 Å². The fraction of sp³-hybridized carbons (Fsp3) is 0.615. The molecule has 16 heavy (non-hydrogen) atoms. The number of hydrogen-bond donors (Lipinski definition) is 1. The monoisotopic (exact) mass is 219 g/mol. The van der Waals surface area contributed by atoms with E-state index in [1.165, 1.54) is 38.0 Å². The van der Waals surface area contributed by atoms with Crippen molar-refractivity contribution in [1.29, 1.82) is 0 Å². The van der Waals surface area contributed by atoms with Gasteiger partial charge in [-0.25, -0.2) is 0 Å². The van der Waals surface area contributed by atoms with Crippen molar-refractivity contribution in [1.82, 2.24) is 4.98 Å². The van der Waals surface area contributed by atoms with Crippen molar-refractivity contribution in [3.8, 4) is 0 Å². The zero-order valence-electron chi connectivity index (χ0n) is 9.81. The smallest absolute Gasteiger partial charge is 0.0397 e. The lowest BCUT2D eigenvalue weighted by Crippen LogP contribution is -2.35. The first kappa shape index (κ1) is 11.4. The number of pyridine rings is 1. The molecule has 1 fully saturated rings. The van der Waals surface area contributed by atoms with Gasteiger partial charge in [-0.05, 0) is 50.3 Å². The minimum Gasteiger partial charge on any atom is -0.371 e. The van der Waals surface area contributed by atoms with Crippen molar-refractivity contribution < 1.29 is 0 Å². The quantitative estimate of drug-likeness (QED) is 0.842. The minimum atomic E-state index is 0.825. The largest absolute Gasteiger partial charge is 0.371 e. The summed E-state index contributed by atoms with van der Waals surface area (Å²) in [6.07, 6.45) is 8.85. The number of aromatic nitrogens is 1. The van der Waals surface area contributed by atoms with Crippen LogP contribution >= 0.6 is 0 Å². The van der Waals surface area contributed by atoms with Crippen LogP contribution in [0.3, 0.4) is 0 Å². The number of piperidine rings is 1. The van der Waals surface area contributed by atoms with E-state index >= 15 is 0 Å². The Bertz CT molecular complexity index is 299. The van der Waals surface area contributed by atoms with Gasteiger partial charge in [0.25, 0.3) is 0 Å². The SMILES string of the molecule is NCCCC1CCCN(c2ccncc2)C1. The van der Waals surface area contributed by atoms with Crippen molar-refractivity contribution in [3.05, 3.63) is 24.5 Å². The Morgan fingerprint density at radius 2 is 2.19 bits per heavy atom. The summed E-state index contributed by atoms with van der Waals surface area (Å²) in [6.45, 7) is 3.19. The average molecular weight is 219 g/mol. The first-order valence-electron chi connectivity index (χ1n) is 6.25. The van der Waals surface area contributed by atoms with Crippen LogP contribution in [0.25, 0.3) is 0 Å². The van der Waals surface area contributed by atoms with Gasteiger partial charge in [-0.1, -0.05) is 0 Å². The number of nitrogens with zero attached hydrogens (tertiary/aromatic N) is 2. The number of hydrogen-bond acceptors (Lipinski definition) is 3. The van der Waals surface area contributed by atoms with Gasteiger partial charge in [0.2, 0.25) is 0 Å². The molecule has 0 bridgehead atoms. The molecule has 3 heteroatoms. The third-order valence-electron chi connectivity index (χ3n) is 3.36. The zero-order chi connectivity index (χ0) is 11.2. The number of rotatable bonds is 4. The molecule has 1 aliphatic heterocycles. The maximum absolute atomic E-state index is 5.57. The van der Waals surface area contributed by atoms with Crippen molar-refractivity contribution in [2.75, 3.05) is 24.5 Å². The molecule has 1 aromatic rings. The summed E-state index contributed by atoms with van der Waals surface area (Å²) < 4.78 is 0. The van der Waals surface area contributed by atoms with Crippen LogP contribution in [0.1, 0.15) is 25.7 Å². The standard InChI is InChI=1S/C13H21N3/c14-7-1-3-12-4-2-10-16(11-12)13-5-8-15-9-6-13/h5-6,8-9,12H,1-4,7,10-11,14H2. The molecule has 0 amide bonds. The lowest BCUT2D eigenvalue weighted by atomic mass is 9.93. The number of nitrogens with two attached hydrogens (primary N) is 1. The molecule has 1 saturated heterocycles. The lowest BCUT2D eigenvalue weighted by Gasteiger charge is -2.34. The fourth-order valence-corrected chi connectivity index (χ4v) is 2.50. The molecule has 1 unspecified atom stereocenters. The van der Waals surface area contributed by atoms with Gasteiger partial charge < -0.3 is 10.6 Å². The van der Waals surface area contributed by atoms with Gasteiger partial charge in [0.1, 0.15) is 0 Å². The highest BCUT2D eigenvalue weighted by atomic mass is 15.1. The van der Waals surface area contributed by atoms with E-state index in [9.17, 15) is 0 Å². The second-order valence-electron chi connectivity index (χ2n) is 4.59. The Labute approximate surface area is 97.7 Å². The Balaban J connectivity index is 1.91. The molecular weight excluding hydrogens is 198 g/mol. The molecule has 1 aromatic heterocycles. The molecule has 3 nitrogen and oxygen atoms in total. The van der Waals surface area contributed by atoms with Crippen LogP contribution in [0.4, 0.5) is 5.69 Å². The molecule has 0 spiro atoms. The lowest BCUT2D eigenvalue weighted by molar-refractivity contribution is 0.384. The van der Waals surface area contributed by atoms with E-state index in [0.29, 0.717) is 0 Å². The maximum atomic E-state index is 5.57. The summed E-state index contributed by atoms with van der Waals surface area (Å²) in [4.78, 5) is 6.54. The Morgan fingerprint density at radius 1 is 1.38 bits per heavy atom. The molecule has 0 radical (unpaired) electrons. The Kier molecular flexibility index (Phi) is 4.17. The molecule has 0 aliphatic carbocycles. The van der Waals surface area contributed by atoms with Crippen molar-refractivity contribution >= 4 is 5.69 Å². The van der Waals surface area contributed by atoms with E-state index in [2.05, 4.69) is 22.0 Å². The molecule has 0 aromatic carbocycles. The first-order valence-corrected chi connectivity index (χ1v) is 6.25. The summed E-state index contributed by atoms with van der Waals surface area (Å²) in [6, 6.07) is 4.20. The van der Waals surface area contributed by atoms with Crippen molar-refractivity contribution in [2.45, 2.75) is 25.7 Å². The predicted octanol–water partition coefficient (Wildman–Crippen LogP) is 2.04. The predicted molar refractivity (Wildman–Crippen MR) is 67.5 cm³/mol. The third kappa shape index (κ3) is 2.95. The summed E-state index contributed by atoms with van der Waals surface area (Å²) in [5.41, 5.74) is 6.88. The van der Waals surface area contributed by atoms with Gasteiger partial charge in [-0.3, -0.25) is 4.98 Å². The topological polar surface area (TPSA) is 42.1 Å². The van der Waals surface area contributed by atoms with Crippen LogP contribution in [0.15, 0.2) is 24.5 Å². The van der Waals surface area contributed by atoms with E-state index in [4.69, 9.17) is 5.73 Å². The van der Waals surface area contributed by atoms with E-state index in [-0.39, 0.29) is 0 Å².